The van der Waals surface area contributed by atoms with Crippen molar-refractivity contribution in [2.45, 2.75) is 39.5 Å². The Morgan fingerprint density at radius 3 is 2.14 bits per heavy atom. The molecule has 3 rings (SSSR count). The Labute approximate surface area is 129 Å². The zero-order valence-corrected chi connectivity index (χ0v) is 13.8. The van der Waals surface area contributed by atoms with Gasteiger partial charge in [0.15, 0.2) is 5.43 Å². The minimum atomic E-state index is 0.186. The van der Waals surface area contributed by atoms with E-state index in [2.05, 4.69) is 39.8 Å². The highest BCUT2D eigenvalue weighted by molar-refractivity contribution is 7.24. The van der Waals surface area contributed by atoms with Crippen LogP contribution in [0.2, 0.25) is 0 Å². The van der Waals surface area contributed by atoms with Crippen molar-refractivity contribution in [3.63, 3.8) is 0 Å². The van der Waals surface area contributed by atoms with Gasteiger partial charge in [0.2, 0.25) is 0 Å². The van der Waals surface area contributed by atoms with Crippen molar-refractivity contribution in [3.8, 4) is 0 Å². The molecule has 0 radical (unpaired) electrons. The third-order valence-electron chi connectivity index (χ3n) is 4.04. The molecule has 0 fully saturated rings. The molecule has 0 bridgehead atoms. The van der Waals surface area contributed by atoms with Crippen LogP contribution in [0, 0.1) is 0 Å². The summed E-state index contributed by atoms with van der Waals surface area (Å²) in [4.78, 5) is 13.0. The fourth-order valence-electron chi connectivity index (χ4n) is 2.88. The molecule has 0 aliphatic heterocycles. The highest BCUT2D eigenvalue weighted by Crippen LogP contribution is 2.35. The second-order valence-corrected chi connectivity index (χ2v) is 7.24. The average molecular weight is 296 g/mol. The molecule has 1 nitrogen and oxygen atoms in total. The van der Waals surface area contributed by atoms with Gasteiger partial charge < -0.3 is 0 Å². The van der Waals surface area contributed by atoms with E-state index >= 15 is 0 Å². The summed E-state index contributed by atoms with van der Waals surface area (Å²) in [6.07, 6.45) is 0. The van der Waals surface area contributed by atoms with E-state index in [0.717, 1.165) is 15.5 Å². The Bertz CT molecular complexity index is 872. The molecule has 0 amide bonds. The lowest BCUT2D eigenvalue weighted by atomic mass is 9.93. The van der Waals surface area contributed by atoms with Crippen molar-refractivity contribution in [1.82, 2.24) is 0 Å². The lowest BCUT2D eigenvalue weighted by Crippen LogP contribution is -2.07. The van der Waals surface area contributed by atoms with Gasteiger partial charge in [0.25, 0.3) is 0 Å². The Morgan fingerprint density at radius 1 is 0.857 bits per heavy atom. The first kappa shape index (κ1) is 14.3. The van der Waals surface area contributed by atoms with Crippen LogP contribution in [0.15, 0.2) is 41.2 Å². The van der Waals surface area contributed by atoms with Crippen LogP contribution in [0.4, 0.5) is 0 Å². The third-order valence-corrected chi connectivity index (χ3v) is 5.26. The van der Waals surface area contributed by atoms with Gasteiger partial charge in [-0.15, -0.1) is 11.3 Å². The molecule has 1 heterocycles. The Balaban J connectivity index is 2.58. The van der Waals surface area contributed by atoms with Gasteiger partial charge in [-0.3, -0.25) is 4.79 Å². The molecule has 0 aliphatic rings. The number of hydrogen-bond acceptors (Lipinski definition) is 2. The molecule has 0 saturated carbocycles. The van der Waals surface area contributed by atoms with Gasteiger partial charge in [-0.1, -0.05) is 52.0 Å². The maximum absolute atomic E-state index is 13.0. The number of benzene rings is 2. The van der Waals surface area contributed by atoms with Crippen LogP contribution < -0.4 is 5.43 Å². The maximum atomic E-state index is 13.0. The van der Waals surface area contributed by atoms with Crippen LogP contribution >= 0.6 is 11.3 Å². The zero-order chi connectivity index (χ0) is 15.1. The summed E-state index contributed by atoms with van der Waals surface area (Å²) >= 11 is 1.75. The molecule has 3 aromatic rings. The maximum Gasteiger partial charge on any atom is 0.196 e. The first-order chi connectivity index (χ1) is 10.0. The highest BCUT2D eigenvalue weighted by atomic mass is 32.1. The molecular weight excluding hydrogens is 276 g/mol. The summed E-state index contributed by atoms with van der Waals surface area (Å²) in [6, 6.07) is 12.3. The topological polar surface area (TPSA) is 17.1 Å². The number of fused-ring (bicyclic) bond motifs is 2. The summed E-state index contributed by atoms with van der Waals surface area (Å²) in [7, 11) is 0. The van der Waals surface area contributed by atoms with Crippen molar-refractivity contribution in [2.75, 3.05) is 0 Å². The molecule has 2 aromatic carbocycles. The van der Waals surface area contributed by atoms with E-state index in [9.17, 15) is 4.79 Å². The van der Waals surface area contributed by atoms with E-state index in [1.807, 2.05) is 24.3 Å². The summed E-state index contributed by atoms with van der Waals surface area (Å²) in [5.74, 6) is 0.778. The quantitative estimate of drug-likeness (QED) is 0.557. The summed E-state index contributed by atoms with van der Waals surface area (Å²) in [5, 5.41) is 1.78. The molecular formula is C19H20OS. The fraction of sp³-hybridized carbons (Fsp3) is 0.316. The van der Waals surface area contributed by atoms with E-state index in [1.54, 1.807) is 11.3 Å². The van der Waals surface area contributed by atoms with E-state index in [-0.39, 0.29) is 5.43 Å². The third kappa shape index (κ3) is 2.28. The number of rotatable bonds is 2. The van der Waals surface area contributed by atoms with Gasteiger partial charge in [-0.25, -0.2) is 0 Å². The van der Waals surface area contributed by atoms with E-state index in [4.69, 9.17) is 0 Å². The normalized spacial score (nSPS) is 11.9. The minimum Gasteiger partial charge on any atom is -0.288 e. The smallest absolute Gasteiger partial charge is 0.196 e. The van der Waals surface area contributed by atoms with Gasteiger partial charge >= 0.3 is 0 Å². The van der Waals surface area contributed by atoms with E-state index in [0.29, 0.717) is 11.8 Å². The standard InChI is InChI=1S/C19H20OS/c1-11(2)13-9-10-14(12(3)4)19-17(13)18(20)15-7-5-6-8-16(15)21-19/h5-12H,1-4H3. The van der Waals surface area contributed by atoms with Gasteiger partial charge in [0, 0.05) is 20.2 Å². The molecule has 0 spiro atoms. The second-order valence-electron chi connectivity index (χ2n) is 6.18. The summed E-state index contributed by atoms with van der Waals surface area (Å²) < 4.78 is 2.25. The van der Waals surface area contributed by atoms with Crippen molar-refractivity contribution in [2.24, 2.45) is 0 Å². The highest BCUT2D eigenvalue weighted by Gasteiger charge is 2.16. The Kier molecular flexibility index (Phi) is 3.58. The van der Waals surface area contributed by atoms with Crippen LogP contribution in [0.1, 0.15) is 50.7 Å². The lowest BCUT2D eigenvalue weighted by molar-refractivity contribution is 0.860. The molecule has 0 N–H and O–H groups in total. The monoisotopic (exact) mass is 296 g/mol. The van der Waals surface area contributed by atoms with Crippen molar-refractivity contribution in [3.05, 3.63) is 57.7 Å². The van der Waals surface area contributed by atoms with Crippen LogP contribution in [0.3, 0.4) is 0 Å². The lowest BCUT2D eigenvalue weighted by Gasteiger charge is -2.15. The molecule has 108 valence electrons. The van der Waals surface area contributed by atoms with Gasteiger partial charge in [-0.05, 0) is 35.1 Å². The van der Waals surface area contributed by atoms with Crippen molar-refractivity contribution in [1.29, 1.82) is 0 Å². The van der Waals surface area contributed by atoms with E-state index < -0.39 is 0 Å². The van der Waals surface area contributed by atoms with Gasteiger partial charge in [0.1, 0.15) is 0 Å². The van der Waals surface area contributed by atoms with Crippen LogP contribution in [0.25, 0.3) is 20.2 Å². The van der Waals surface area contributed by atoms with Crippen LogP contribution in [-0.4, -0.2) is 0 Å². The molecule has 0 atom stereocenters. The van der Waals surface area contributed by atoms with Crippen LogP contribution in [-0.2, 0) is 0 Å². The molecule has 0 unspecified atom stereocenters. The zero-order valence-electron chi connectivity index (χ0n) is 12.9. The summed E-state index contributed by atoms with van der Waals surface area (Å²) in [6.45, 7) is 8.69. The first-order valence-electron chi connectivity index (χ1n) is 7.49. The predicted molar refractivity (Wildman–Crippen MR) is 93.8 cm³/mol. The largest absolute Gasteiger partial charge is 0.288 e. The van der Waals surface area contributed by atoms with Gasteiger partial charge in [0.05, 0.1) is 0 Å². The van der Waals surface area contributed by atoms with E-state index in [1.165, 1.54) is 15.8 Å². The predicted octanol–water partition coefficient (Wildman–Crippen LogP) is 5.66. The molecule has 0 saturated heterocycles. The minimum absolute atomic E-state index is 0.186. The van der Waals surface area contributed by atoms with Gasteiger partial charge in [-0.2, -0.15) is 0 Å². The number of hydrogen-bond donors (Lipinski definition) is 0. The average Bonchev–Trinajstić information content (AvgIpc) is 2.46. The first-order valence-corrected chi connectivity index (χ1v) is 8.30. The SMILES string of the molecule is CC(C)c1ccc(C(C)C)c2c(=O)c3ccccc3sc12. The fourth-order valence-corrected chi connectivity index (χ4v) is 4.25. The summed E-state index contributed by atoms with van der Waals surface area (Å²) in [5.41, 5.74) is 2.63. The molecule has 0 aliphatic carbocycles. The molecule has 21 heavy (non-hydrogen) atoms. The van der Waals surface area contributed by atoms with Crippen molar-refractivity contribution >= 4 is 31.5 Å². The van der Waals surface area contributed by atoms with Crippen LogP contribution in [0.5, 0.6) is 0 Å². The molecule has 2 heteroatoms. The molecule has 1 aromatic heterocycles. The van der Waals surface area contributed by atoms with Crippen molar-refractivity contribution < 1.29 is 0 Å². The Hall–Kier alpha value is -1.67. The Morgan fingerprint density at radius 2 is 1.48 bits per heavy atom. The second kappa shape index (κ2) is 5.27.